The maximum absolute atomic E-state index is 13.0. The molecule has 7 nitrogen and oxygen atoms in total. The van der Waals surface area contributed by atoms with Crippen molar-refractivity contribution in [3.05, 3.63) is 78.3 Å². The van der Waals surface area contributed by atoms with Crippen LogP contribution in [0.25, 0.3) is 10.4 Å². The first-order valence-electron chi connectivity index (χ1n) is 9.96. The van der Waals surface area contributed by atoms with E-state index in [9.17, 15) is 9.32 Å². The van der Waals surface area contributed by atoms with Crippen LogP contribution >= 0.6 is 11.3 Å². The van der Waals surface area contributed by atoms with E-state index in [2.05, 4.69) is 20.6 Å². The number of hydrogen-bond donors (Lipinski definition) is 4. The Hall–Kier alpha value is -3.27. The Kier molecular flexibility index (Phi) is 6.50. The maximum atomic E-state index is 13.0. The van der Waals surface area contributed by atoms with Gasteiger partial charge >= 0.3 is 0 Å². The van der Waals surface area contributed by atoms with Crippen molar-refractivity contribution in [2.45, 2.75) is 22.8 Å². The summed E-state index contributed by atoms with van der Waals surface area (Å²) >= 11 is 1.59. The highest BCUT2D eigenvalue weighted by atomic mass is 32.2. The zero-order chi connectivity index (χ0) is 22.6. The molecule has 4 N–H and O–H groups in total. The van der Waals surface area contributed by atoms with Crippen LogP contribution in [0.3, 0.4) is 0 Å². The lowest BCUT2D eigenvalue weighted by Gasteiger charge is -2.16. The molecule has 1 unspecified atom stereocenters. The fourth-order valence-corrected chi connectivity index (χ4v) is 5.12. The second kappa shape index (κ2) is 9.47. The summed E-state index contributed by atoms with van der Waals surface area (Å²) in [7, 11) is -3.07. The molecule has 2 aromatic carbocycles. The molecule has 0 bridgehead atoms. The second-order valence-corrected chi connectivity index (χ2v) is 10.2. The molecule has 0 aliphatic carbocycles. The van der Waals surface area contributed by atoms with Gasteiger partial charge in [0.05, 0.1) is 22.0 Å². The summed E-state index contributed by atoms with van der Waals surface area (Å²) in [6.07, 6.45) is 1.74. The minimum atomic E-state index is -3.07. The van der Waals surface area contributed by atoms with E-state index < -0.39 is 9.73 Å². The minimum absolute atomic E-state index is 0.0219. The Morgan fingerprint density at radius 3 is 2.44 bits per heavy atom. The van der Waals surface area contributed by atoms with E-state index in [0.29, 0.717) is 27.2 Å². The number of nitrogens with zero attached hydrogens (tertiary/aromatic N) is 2. The maximum Gasteiger partial charge on any atom is 0.229 e. The third-order valence-corrected chi connectivity index (χ3v) is 7.53. The van der Waals surface area contributed by atoms with E-state index in [4.69, 9.17) is 4.78 Å². The molecule has 2 aromatic heterocycles. The number of nitrogens with one attached hydrogen (secondary N) is 3. The normalized spacial score (nSPS) is 13.8. The molecule has 0 saturated carbocycles. The van der Waals surface area contributed by atoms with Crippen molar-refractivity contribution in [1.29, 1.82) is 4.78 Å². The minimum Gasteiger partial charge on any atom is -0.394 e. The summed E-state index contributed by atoms with van der Waals surface area (Å²) in [5.74, 6) is 1.02. The van der Waals surface area contributed by atoms with Crippen LogP contribution in [0.2, 0.25) is 0 Å². The van der Waals surface area contributed by atoms with E-state index in [1.165, 1.54) is 0 Å². The van der Waals surface area contributed by atoms with E-state index in [0.717, 1.165) is 10.4 Å². The highest BCUT2D eigenvalue weighted by Gasteiger charge is 2.15. The predicted octanol–water partition coefficient (Wildman–Crippen LogP) is 5.21. The quantitative estimate of drug-likeness (QED) is 0.284. The third kappa shape index (κ3) is 4.80. The zero-order valence-corrected chi connectivity index (χ0v) is 19.0. The highest BCUT2D eigenvalue weighted by Crippen LogP contribution is 2.31. The van der Waals surface area contributed by atoms with Gasteiger partial charge in [0.25, 0.3) is 0 Å². The monoisotopic (exact) mass is 465 g/mol. The van der Waals surface area contributed by atoms with Gasteiger partial charge in [0.1, 0.15) is 15.5 Å². The summed E-state index contributed by atoms with van der Waals surface area (Å²) in [6, 6.07) is 19.5. The Bertz CT molecular complexity index is 1280. The van der Waals surface area contributed by atoms with Crippen molar-refractivity contribution in [2.75, 3.05) is 17.2 Å². The number of benzene rings is 2. The number of aliphatic hydroxyl groups is 1. The zero-order valence-electron chi connectivity index (χ0n) is 17.4. The van der Waals surface area contributed by atoms with Crippen molar-refractivity contribution in [2.24, 2.45) is 0 Å². The third-order valence-electron chi connectivity index (χ3n) is 4.75. The fraction of sp³-hybridized carbons (Fsp3) is 0.130. The summed E-state index contributed by atoms with van der Waals surface area (Å²) in [6.45, 7) is 1.85. The molecular formula is C23H23N5O2S2. The number of anilines is 3. The molecule has 2 atom stereocenters. The number of aromatic nitrogens is 2. The first kappa shape index (κ1) is 21.9. The molecule has 2 heterocycles. The molecule has 0 fully saturated rings. The molecule has 0 spiro atoms. The number of rotatable bonds is 8. The molecular weight excluding hydrogens is 442 g/mol. The summed E-state index contributed by atoms with van der Waals surface area (Å²) < 4.78 is 21.3. The van der Waals surface area contributed by atoms with Gasteiger partial charge in [-0.3, -0.25) is 0 Å². The van der Waals surface area contributed by atoms with Gasteiger partial charge in [-0.25, -0.2) is 14.0 Å². The lowest BCUT2D eigenvalue weighted by molar-refractivity contribution is 0.281. The summed E-state index contributed by atoms with van der Waals surface area (Å²) in [5, 5.41) is 17.8. The van der Waals surface area contributed by atoms with Crippen LogP contribution in [-0.2, 0) is 9.73 Å². The summed E-state index contributed by atoms with van der Waals surface area (Å²) in [5.41, 5.74) is 1.57. The molecule has 0 saturated heterocycles. The Balaban J connectivity index is 1.58. The molecule has 4 rings (SSSR count). The van der Waals surface area contributed by atoms with Gasteiger partial charge in [-0.05, 0) is 54.8 Å². The van der Waals surface area contributed by atoms with Crippen LogP contribution in [0.15, 0.2) is 88.1 Å². The van der Waals surface area contributed by atoms with Gasteiger partial charge in [0, 0.05) is 22.8 Å². The standard InChI is InChI=1S/C23H23N5O2S2/c1-16(15-29)26-22-20(21-8-5-13-31-21)14-25-23(28-22)27-17-9-11-19(12-10-17)32(24,30)18-6-3-2-4-7-18/h2-14,16,24,29H,15H2,1H3,(H2,25,26,27,28)/t16-,32?/m1/s1. The van der Waals surface area contributed by atoms with Crippen molar-refractivity contribution in [1.82, 2.24) is 9.97 Å². The average Bonchev–Trinajstić information content (AvgIpc) is 3.35. The Morgan fingerprint density at radius 2 is 1.78 bits per heavy atom. The van der Waals surface area contributed by atoms with E-state index in [-0.39, 0.29) is 12.6 Å². The van der Waals surface area contributed by atoms with E-state index >= 15 is 0 Å². The van der Waals surface area contributed by atoms with Gasteiger partial charge < -0.3 is 15.7 Å². The molecule has 164 valence electrons. The van der Waals surface area contributed by atoms with Crippen LogP contribution in [0.1, 0.15) is 6.92 Å². The first-order chi connectivity index (χ1) is 15.5. The molecule has 0 aliphatic rings. The summed E-state index contributed by atoms with van der Waals surface area (Å²) in [4.78, 5) is 11.0. The van der Waals surface area contributed by atoms with Gasteiger partial charge in [-0.1, -0.05) is 24.3 Å². The van der Waals surface area contributed by atoms with Crippen molar-refractivity contribution < 1.29 is 9.32 Å². The van der Waals surface area contributed by atoms with Crippen LogP contribution in [0.4, 0.5) is 17.5 Å². The van der Waals surface area contributed by atoms with E-state index in [1.807, 2.05) is 30.5 Å². The first-order valence-corrected chi connectivity index (χ1v) is 12.4. The van der Waals surface area contributed by atoms with Gasteiger partial charge in [-0.2, -0.15) is 4.98 Å². The highest BCUT2D eigenvalue weighted by molar-refractivity contribution is 7.92. The number of thiophene rings is 1. The van der Waals surface area contributed by atoms with Crippen molar-refractivity contribution in [3.8, 4) is 10.4 Å². The van der Waals surface area contributed by atoms with Crippen LogP contribution < -0.4 is 10.6 Å². The fourth-order valence-electron chi connectivity index (χ4n) is 3.05. The van der Waals surface area contributed by atoms with Crippen molar-refractivity contribution in [3.63, 3.8) is 0 Å². The molecule has 9 heteroatoms. The molecule has 4 aromatic rings. The Labute approximate surface area is 191 Å². The SMILES string of the molecule is C[C@H](CO)Nc1nc(Nc2ccc(S(=N)(=O)c3ccccc3)cc2)ncc1-c1cccs1. The molecule has 32 heavy (non-hydrogen) atoms. The van der Waals surface area contributed by atoms with Gasteiger partial charge in [0.2, 0.25) is 5.95 Å². The molecule has 0 radical (unpaired) electrons. The molecule has 0 aliphatic heterocycles. The van der Waals surface area contributed by atoms with Crippen LogP contribution in [0, 0.1) is 4.78 Å². The number of aliphatic hydroxyl groups excluding tert-OH is 1. The van der Waals surface area contributed by atoms with Crippen LogP contribution in [-0.4, -0.2) is 31.9 Å². The lowest BCUT2D eigenvalue weighted by atomic mass is 10.2. The second-order valence-electron chi connectivity index (χ2n) is 7.18. The van der Waals surface area contributed by atoms with Gasteiger partial charge in [-0.15, -0.1) is 11.3 Å². The van der Waals surface area contributed by atoms with Crippen molar-refractivity contribution >= 4 is 38.5 Å². The Morgan fingerprint density at radius 1 is 1.06 bits per heavy atom. The molecule has 0 amide bonds. The number of hydrogen-bond acceptors (Lipinski definition) is 8. The topological polar surface area (TPSA) is 111 Å². The largest absolute Gasteiger partial charge is 0.394 e. The average molecular weight is 466 g/mol. The van der Waals surface area contributed by atoms with E-state index in [1.54, 1.807) is 66.1 Å². The van der Waals surface area contributed by atoms with Gasteiger partial charge in [0.15, 0.2) is 0 Å². The smallest absolute Gasteiger partial charge is 0.229 e. The predicted molar refractivity (Wildman–Crippen MR) is 129 cm³/mol. The lowest BCUT2D eigenvalue weighted by Crippen LogP contribution is -2.21. The van der Waals surface area contributed by atoms with Crippen LogP contribution in [0.5, 0.6) is 0 Å².